The van der Waals surface area contributed by atoms with Crippen molar-refractivity contribution in [2.75, 3.05) is 82.6 Å². The lowest BCUT2D eigenvalue weighted by atomic mass is 9.90. The standard InChI is InChI=1S/C39H43ClF3N11O5/c1-50-31(27-20-53(49-34(27)39(41,42)43)32-5-4-29-30(48-32)6-9-45-29)19-46-35(50)36(57)47-25-2-3-26(28(40)16-25)38(59)52-12-10-51(11-13-52)37(58)24-7-14-54(15-8-24,22-33(55)56)21-23-17-44-18-23/h2-5,16,19-20,23-24,44-45H,6-15,17-18,21-22H2,1H3,(H-,47,55,56,57,59)/p+1. The molecule has 0 unspecified atom stereocenters. The van der Waals surface area contributed by atoms with Gasteiger partial charge in [-0.1, -0.05) is 11.6 Å². The molecular weight excluding hydrogens is 795 g/mol. The number of hydrogen-bond acceptors (Lipinski definition) is 9. The van der Waals surface area contributed by atoms with Crippen LogP contribution >= 0.6 is 11.6 Å². The van der Waals surface area contributed by atoms with Crippen molar-refractivity contribution in [1.29, 1.82) is 0 Å². The van der Waals surface area contributed by atoms with E-state index in [0.717, 1.165) is 35.7 Å². The summed E-state index contributed by atoms with van der Waals surface area (Å²) in [5.74, 6) is -1.52. The van der Waals surface area contributed by atoms with Gasteiger partial charge in [-0.05, 0) is 30.3 Å². The first-order valence-electron chi connectivity index (χ1n) is 19.6. The van der Waals surface area contributed by atoms with Gasteiger partial charge in [0.15, 0.2) is 23.9 Å². The van der Waals surface area contributed by atoms with E-state index in [0.29, 0.717) is 75.5 Å². The number of rotatable bonds is 10. The van der Waals surface area contributed by atoms with Crippen LogP contribution in [0.3, 0.4) is 0 Å². The fraction of sp³-hybridized carbons (Fsp3) is 0.462. The first kappa shape index (κ1) is 40.3. The molecule has 1 aromatic carbocycles. The van der Waals surface area contributed by atoms with E-state index < -0.39 is 23.7 Å². The van der Waals surface area contributed by atoms with Gasteiger partial charge in [-0.3, -0.25) is 14.4 Å². The highest BCUT2D eigenvalue weighted by Crippen LogP contribution is 2.37. The van der Waals surface area contributed by atoms with Crippen molar-refractivity contribution >= 4 is 46.7 Å². The molecule has 4 aromatic rings. The van der Waals surface area contributed by atoms with Crippen LogP contribution in [-0.2, 0) is 29.2 Å². The van der Waals surface area contributed by atoms with Crippen LogP contribution in [0.2, 0.25) is 5.02 Å². The number of nitrogens with one attached hydrogen (secondary N) is 3. The Bertz CT molecular complexity index is 2290. The summed E-state index contributed by atoms with van der Waals surface area (Å²) in [5.41, 5.74) is 0.555. The SMILES string of the molecule is Cn1c(-c2cn(-c3ccc4c(n3)CCN4)nc2C(F)(F)F)cnc1C(=O)Nc1ccc(C(=O)N2CCN(C(=O)C3CC[N+](CC(=O)O)(CC4CNC4)CC3)CC2)c(Cl)c1. The van der Waals surface area contributed by atoms with E-state index in [1.165, 1.54) is 42.2 Å². The predicted octanol–water partition coefficient (Wildman–Crippen LogP) is 3.38. The van der Waals surface area contributed by atoms with E-state index in [4.69, 9.17) is 11.6 Å². The lowest BCUT2D eigenvalue weighted by molar-refractivity contribution is -0.929. The quantitative estimate of drug-likeness (QED) is 0.173. The summed E-state index contributed by atoms with van der Waals surface area (Å²) in [6, 6.07) is 7.72. The number of aromatic nitrogens is 5. The lowest BCUT2D eigenvalue weighted by Gasteiger charge is -2.46. The number of amides is 3. The maximum absolute atomic E-state index is 14.2. The molecule has 8 rings (SSSR count). The molecule has 312 valence electrons. The molecule has 4 N–H and O–H groups in total. The molecule has 0 spiro atoms. The number of pyridine rings is 1. The Morgan fingerprint density at radius 3 is 2.42 bits per heavy atom. The molecule has 3 aromatic heterocycles. The number of halogens is 4. The second kappa shape index (κ2) is 15.9. The van der Waals surface area contributed by atoms with Crippen molar-refractivity contribution in [3.63, 3.8) is 0 Å². The molecule has 0 bridgehead atoms. The van der Waals surface area contributed by atoms with Gasteiger partial charge in [-0.2, -0.15) is 18.3 Å². The van der Waals surface area contributed by atoms with E-state index >= 15 is 0 Å². The third-order valence-corrected chi connectivity index (χ3v) is 12.2. The van der Waals surface area contributed by atoms with E-state index in [1.54, 1.807) is 21.9 Å². The second-order valence-electron chi connectivity index (χ2n) is 15.8. The lowest BCUT2D eigenvalue weighted by Crippen LogP contribution is -2.62. The average molecular weight is 839 g/mol. The number of quaternary nitrogens is 1. The molecule has 0 radical (unpaired) electrons. The van der Waals surface area contributed by atoms with Gasteiger partial charge < -0.3 is 39.9 Å². The minimum absolute atomic E-state index is 0.00487. The molecule has 0 atom stereocenters. The van der Waals surface area contributed by atoms with Gasteiger partial charge in [0.2, 0.25) is 5.91 Å². The van der Waals surface area contributed by atoms with Crippen LogP contribution in [0.15, 0.2) is 42.7 Å². The zero-order chi connectivity index (χ0) is 41.6. The Hall–Kier alpha value is -5.53. The van der Waals surface area contributed by atoms with Gasteiger partial charge in [-0.15, -0.1) is 0 Å². The minimum atomic E-state index is -4.81. The van der Waals surface area contributed by atoms with Crippen molar-refractivity contribution in [3.8, 4) is 17.1 Å². The van der Waals surface area contributed by atoms with Gasteiger partial charge >= 0.3 is 12.1 Å². The summed E-state index contributed by atoms with van der Waals surface area (Å²) >= 11 is 6.56. The number of aliphatic carboxylic acids is 1. The number of alkyl halides is 3. The molecule has 4 aliphatic rings. The summed E-state index contributed by atoms with van der Waals surface area (Å²) < 4.78 is 45.5. The zero-order valence-electron chi connectivity index (χ0n) is 32.3. The van der Waals surface area contributed by atoms with E-state index in [-0.39, 0.29) is 63.5 Å². The first-order chi connectivity index (χ1) is 28.2. The van der Waals surface area contributed by atoms with Crippen molar-refractivity contribution in [3.05, 3.63) is 70.5 Å². The fourth-order valence-electron chi connectivity index (χ4n) is 8.64. The number of carbonyl (C=O) groups excluding carboxylic acids is 3. The number of piperidine rings is 1. The minimum Gasteiger partial charge on any atom is -0.477 e. The van der Waals surface area contributed by atoms with Crippen molar-refractivity contribution in [1.82, 2.24) is 39.4 Å². The predicted molar refractivity (Wildman–Crippen MR) is 209 cm³/mol. The number of benzene rings is 1. The van der Waals surface area contributed by atoms with Crippen LogP contribution in [0.25, 0.3) is 17.1 Å². The molecule has 20 heteroatoms. The molecule has 59 heavy (non-hydrogen) atoms. The van der Waals surface area contributed by atoms with E-state index in [2.05, 4.69) is 31.0 Å². The van der Waals surface area contributed by atoms with Gasteiger partial charge in [0, 0.05) is 95.8 Å². The van der Waals surface area contributed by atoms with Crippen LogP contribution in [0.5, 0.6) is 0 Å². The van der Waals surface area contributed by atoms with Crippen molar-refractivity contribution in [2.45, 2.75) is 25.4 Å². The van der Waals surface area contributed by atoms with Crippen LogP contribution in [0, 0.1) is 11.8 Å². The molecule has 3 amide bonds. The normalized spacial score (nSPS) is 20.8. The monoisotopic (exact) mass is 838 g/mol. The maximum Gasteiger partial charge on any atom is 0.435 e. The topological polar surface area (TPSA) is 180 Å². The Morgan fingerprint density at radius 1 is 1.03 bits per heavy atom. The number of nitrogens with zero attached hydrogens (tertiary/aromatic N) is 8. The van der Waals surface area contributed by atoms with E-state index in [1.807, 2.05) is 0 Å². The Labute approximate surface area is 341 Å². The van der Waals surface area contributed by atoms with Gasteiger partial charge in [0.1, 0.15) is 0 Å². The molecular formula is C39H44ClF3N11O5+. The van der Waals surface area contributed by atoms with Crippen LogP contribution < -0.4 is 16.0 Å². The summed E-state index contributed by atoms with van der Waals surface area (Å²) in [7, 11) is 1.42. The molecule has 4 aliphatic heterocycles. The molecule has 3 fully saturated rings. The average Bonchev–Trinajstić information content (AvgIpc) is 3.94. The largest absolute Gasteiger partial charge is 0.477 e. The second-order valence-corrected chi connectivity index (χ2v) is 16.2. The summed E-state index contributed by atoms with van der Waals surface area (Å²) in [5, 5.41) is 22.6. The number of carbonyl (C=O) groups is 4. The number of anilines is 2. The first-order valence-corrected chi connectivity index (χ1v) is 20.0. The maximum atomic E-state index is 14.2. The Morgan fingerprint density at radius 2 is 1.76 bits per heavy atom. The van der Waals surface area contributed by atoms with Crippen LogP contribution in [0.4, 0.5) is 24.5 Å². The number of fused-ring (bicyclic) bond motifs is 1. The van der Waals surface area contributed by atoms with Crippen molar-refractivity contribution < 1.29 is 41.9 Å². The molecule has 3 saturated heterocycles. The smallest absolute Gasteiger partial charge is 0.435 e. The highest BCUT2D eigenvalue weighted by atomic mass is 35.5. The van der Waals surface area contributed by atoms with Crippen LogP contribution in [0.1, 0.15) is 45.2 Å². The third kappa shape index (κ3) is 8.23. The van der Waals surface area contributed by atoms with Gasteiger partial charge in [0.05, 0.1) is 59.1 Å². The number of hydrogen-bond donors (Lipinski definition) is 4. The number of imidazole rings is 1. The number of carboxylic acids is 1. The summed E-state index contributed by atoms with van der Waals surface area (Å²) in [4.78, 5) is 64.1. The van der Waals surface area contributed by atoms with Gasteiger partial charge in [0.25, 0.3) is 11.8 Å². The van der Waals surface area contributed by atoms with Crippen LogP contribution in [-0.4, -0.2) is 139 Å². The van der Waals surface area contributed by atoms with Gasteiger partial charge in [-0.25, -0.2) is 19.4 Å². The Kier molecular flexibility index (Phi) is 10.9. The van der Waals surface area contributed by atoms with E-state index in [9.17, 15) is 37.5 Å². The third-order valence-electron chi connectivity index (χ3n) is 11.9. The highest BCUT2D eigenvalue weighted by molar-refractivity contribution is 6.34. The molecule has 0 aliphatic carbocycles. The zero-order valence-corrected chi connectivity index (χ0v) is 33.0. The Balaban J connectivity index is 0.880. The summed E-state index contributed by atoms with van der Waals surface area (Å²) in [6.45, 7) is 5.96. The highest BCUT2D eigenvalue weighted by Gasteiger charge is 2.43. The van der Waals surface area contributed by atoms with Crippen molar-refractivity contribution in [2.24, 2.45) is 18.9 Å². The number of carboxylic acid groups (broad SMARTS) is 1. The summed E-state index contributed by atoms with van der Waals surface area (Å²) in [6.07, 6.45) is -0.538. The molecule has 0 saturated carbocycles. The molecule has 7 heterocycles. The fourth-order valence-corrected chi connectivity index (χ4v) is 8.90. The molecule has 16 nitrogen and oxygen atoms in total. The number of piperazine rings is 1. The number of likely N-dealkylation sites (tertiary alicyclic amines) is 1.